The Morgan fingerprint density at radius 3 is 2.83 bits per heavy atom. The number of hydrogen-bond donors (Lipinski definition) is 2. The fourth-order valence-electron chi connectivity index (χ4n) is 1.52. The highest BCUT2D eigenvalue weighted by Gasteiger charge is 2.08. The SMILES string of the molecule is Cc1ccc(C)c(OCCCN[C@H](C)C(=O)O)c1. The number of carbonyl (C=O) groups is 1. The van der Waals surface area contributed by atoms with E-state index in [1.165, 1.54) is 5.56 Å². The summed E-state index contributed by atoms with van der Waals surface area (Å²) in [5, 5.41) is 11.6. The van der Waals surface area contributed by atoms with Crippen molar-refractivity contribution in [3.05, 3.63) is 29.3 Å². The van der Waals surface area contributed by atoms with Crippen molar-refractivity contribution in [3.8, 4) is 5.75 Å². The van der Waals surface area contributed by atoms with E-state index >= 15 is 0 Å². The molecule has 0 bridgehead atoms. The predicted molar refractivity (Wildman–Crippen MR) is 71.1 cm³/mol. The van der Waals surface area contributed by atoms with Crippen LogP contribution in [0.3, 0.4) is 0 Å². The van der Waals surface area contributed by atoms with E-state index in [-0.39, 0.29) is 0 Å². The molecule has 0 heterocycles. The van der Waals surface area contributed by atoms with Gasteiger partial charge in [0.05, 0.1) is 6.61 Å². The van der Waals surface area contributed by atoms with Gasteiger partial charge in [0, 0.05) is 0 Å². The summed E-state index contributed by atoms with van der Waals surface area (Å²) in [5.41, 5.74) is 2.29. The molecule has 0 radical (unpaired) electrons. The maximum absolute atomic E-state index is 10.6. The second-order valence-electron chi connectivity index (χ2n) is 4.49. The molecule has 100 valence electrons. The molecule has 2 N–H and O–H groups in total. The minimum Gasteiger partial charge on any atom is -0.493 e. The smallest absolute Gasteiger partial charge is 0.320 e. The third-order valence-corrected chi connectivity index (χ3v) is 2.74. The number of rotatable bonds is 7. The summed E-state index contributed by atoms with van der Waals surface area (Å²) < 4.78 is 5.67. The fourth-order valence-corrected chi connectivity index (χ4v) is 1.52. The second kappa shape index (κ2) is 7.01. The zero-order chi connectivity index (χ0) is 13.5. The standard InChI is InChI=1S/C14H21NO3/c1-10-5-6-11(2)13(9-10)18-8-4-7-15-12(3)14(16)17/h5-6,9,12,15H,4,7-8H2,1-3H3,(H,16,17)/t12-/m1/s1. The van der Waals surface area contributed by atoms with Crippen LogP contribution < -0.4 is 10.1 Å². The molecule has 1 atom stereocenters. The van der Waals surface area contributed by atoms with Gasteiger partial charge in [-0.25, -0.2) is 0 Å². The van der Waals surface area contributed by atoms with Crippen molar-refractivity contribution in [3.63, 3.8) is 0 Å². The maximum Gasteiger partial charge on any atom is 0.320 e. The van der Waals surface area contributed by atoms with Gasteiger partial charge in [0.25, 0.3) is 0 Å². The Hall–Kier alpha value is -1.55. The molecular formula is C14H21NO3. The van der Waals surface area contributed by atoms with E-state index < -0.39 is 12.0 Å². The zero-order valence-corrected chi connectivity index (χ0v) is 11.2. The van der Waals surface area contributed by atoms with Gasteiger partial charge in [0.15, 0.2) is 0 Å². The summed E-state index contributed by atoms with van der Waals surface area (Å²) in [6, 6.07) is 5.60. The molecule has 18 heavy (non-hydrogen) atoms. The Kier molecular flexibility index (Phi) is 5.65. The van der Waals surface area contributed by atoms with Crippen LogP contribution in [-0.2, 0) is 4.79 Å². The average Bonchev–Trinajstić information content (AvgIpc) is 2.32. The number of aryl methyl sites for hydroxylation is 2. The largest absolute Gasteiger partial charge is 0.493 e. The molecule has 0 saturated carbocycles. The van der Waals surface area contributed by atoms with Crippen molar-refractivity contribution < 1.29 is 14.6 Å². The van der Waals surface area contributed by atoms with Crippen LogP contribution in [0.4, 0.5) is 0 Å². The van der Waals surface area contributed by atoms with Gasteiger partial charge in [-0.3, -0.25) is 4.79 Å². The molecule has 0 aliphatic rings. The van der Waals surface area contributed by atoms with Crippen molar-refractivity contribution in [2.45, 2.75) is 33.2 Å². The Labute approximate surface area is 108 Å². The lowest BCUT2D eigenvalue weighted by Gasteiger charge is -2.11. The number of aliphatic carboxylic acids is 1. The first-order chi connectivity index (χ1) is 8.50. The lowest BCUT2D eigenvalue weighted by Crippen LogP contribution is -2.34. The van der Waals surface area contributed by atoms with E-state index in [4.69, 9.17) is 9.84 Å². The van der Waals surface area contributed by atoms with Gasteiger partial charge in [0.1, 0.15) is 11.8 Å². The van der Waals surface area contributed by atoms with Crippen molar-refractivity contribution in [1.82, 2.24) is 5.32 Å². The van der Waals surface area contributed by atoms with Crippen molar-refractivity contribution >= 4 is 5.97 Å². The van der Waals surface area contributed by atoms with Crippen molar-refractivity contribution in [1.29, 1.82) is 0 Å². The van der Waals surface area contributed by atoms with E-state index in [9.17, 15) is 4.79 Å². The highest BCUT2D eigenvalue weighted by Crippen LogP contribution is 2.18. The summed E-state index contributed by atoms with van der Waals surface area (Å²) in [6.07, 6.45) is 0.783. The highest BCUT2D eigenvalue weighted by atomic mass is 16.5. The molecule has 1 rings (SSSR count). The summed E-state index contributed by atoms with van der Waals surface area (Å²) in [6.45, 7) is 6.90. The van der Waals surface area contributed by atoms with Gasteiger partial charge in [-0.1, -0.05) is 12.1 Å². The molecule has 0 fully saturated rings. The Morgan fingerprint density at radius 2 is 2.17 bits per heavy atom. The number of carboxylic acid groups (broad SMARTS) is 1. The topological polar surface area (TPSA) is 58.6 Å². The lowest BCUT2D eigenvalue weighted by atomic mass is 10.1. The quantitative estimate of drug-likeness (QED) is 0.729. The Morgan fingerprint density at radius 1 is 1.44 bits per heavy atom. The summed E-state index contributed by atoms with van der Waals surface area (Å²) in [5.74, 6) is 0.0757. The van der Waals surface area contributed by atoms with E-state index in [1.54, 1.807) is 6.92 Å². The molecule has 0 aliphatic heterocycles. The molecule has 1 aromatic carbocycles. The van der Waals surface area contributed by atoms with E-state index in [2.05, 4.69) is 11.4 Å². The maximum atomic E-state index is 10.6. The van der Waals surface area contributed by atoms with Gasteiger partial charge < -0.3 is 15.2 Å². The predicted octanol–water partition coefficient (Wildman–Crippen LogP) is 2.14. The first-order valence-corrected chi connectivity index (χ1v) is 6.17. The van der Waals surface area contributed by atoms with E-state index in [1.807, 2.05) is 26.0 Å². The van der Waals surface area contributed by atoms with Crippen LogP contribution >= 0.6 is 0 Å². The first-order valence-electron chi connectivity index (χ1n) is 6.17. The minimum absolute atomic E-state index is 0.509. The van der Waals surface area contributed by atoms with E-state index in [0.717, 1.165) is 17.7 Å². The fraction of sp³-hybridized carbons (Fsp3) is 0.500. The molecule has 4 nitrogen and oxygen atoms in total. The summed E-state index contributed by atoms with van der Waals surface area (Å²) in [4.78, 5) is 10.6. The van der Waals surface area contributed by atoms with Crippen molar-refractivity contribution in [2.75, 3.05) is 13.2 Å². The number of carboxylic acids is 1. The van der Waals surface area contributed by atoms with Gasteiger partial charge >= 0.3 is 5.97 Å². The zero-order valence-electron chi connectivity index (χ0n) is 11.2. The van der Waals surface area contributed by atoms with Gasteiger partial charge in [-0.05, 0) is 50.9 Å². The molecule has 0 amide bonds. The molecule has 0 aromatic heterocycles. The first kappa shape index (κ1) is 14.5. The van der Waals surface area contributed by atoms with Crippen LogP contribution in [0.2, 0.25) is 0 Å². The van der Waals surface area contributed by atoms with Crippen LogP contribution in [0, 0.1) is 13.8 Å². The average molecular weight is 251 g/mol. The normalized spacial score (nSPS) is 12.2. The monoisotopic (exact) mass is 251 g/mol. The molecular weight excluding hydrogens is 230 g/mol. The van der Waals surface area contributed by atoms with Crippen LogP contribution in [0.25, 0.3) is 0 Å². The van der Waals surface area contributed by atoms with E-state index in [0.29, 0.717) is 13.2 Å². The molecule has 1 aromatic rings. The number of ether oxygens (including phenoxy) is 1. The molecule has 0 unspecified atom stereocenters. The summed E-state index contributed by atoms with van der Waals surface area (Å²) >= 11 is 0. The minimum atomic E-state index is -0.828. The van der Waals surface area contributed by atoms with Crippen LogP contribution in [0.15, 0.2) is 18.2 Å². The van der Waals surface area contributed by atoms with Gasteiger partial charge in [-0.15, -0.1) is 0 Å². The Balaban J connectivity index is 2.26. The summed E-state index contributed by atoms with van der Waals surface area (Å²) in [7, 11) is 0. The molecule has 0 aliphatic carbocycles. The van der Waals surface area contributed by atoms with Gasteiger partial charge in [0.2, 0.25) is 0 Å². The molecule has 0 spiro atoms. The number of nitrogens with one attached hydrogen (secondary N) is 1. The van der Waals surface area contributed by atoms with Crippen LogP contribution in [-0.4, -0.2) is 30.3 Å². The van der Waals surface area contributed by atoms with Crippen LogP contribution in [0.1, 0.15) is 24.5 Å². The lowest BCUT2D eigenvalue weighted by molar-refractivity contribution is -0.139. The second-order valence-corrected chi connectivity index (χ2v) is 4.49. The Bertz CT molecular complexity index is 404. The van der Waals surface area contributed by atoms with Crippen molar-refractivity contribution in [2.24, 2.45) is 0 Å². The third kappa shape index (κ3) is 4.75. The highest BCUT2D eigenvalue weighted by molar-refractivity contribution is 5.72. The number of benzene rings is 1. The number of hydrogen-bond acceptors (Lipinski definition) is 3. The third-order valence-electron chi connectivity index (χ3n) is 2.74. The molecule has 0 saturated heterocycles. The van der Waals surface area contributed by atoms with Gasteiger partial charge in [-0.2, -0.15) is 0 Å². The molecule has 4 heteroatoms. The van der Waals surface area contributed by atoms with Crippen LogP contribution in [0.5, 0.6) is 5.75 Å².